The Morgan fingerprint density at radius 2 is 1.59 bits per heavy atom. The Bertz CT molecular complexity index is 684. The van der Waals surface area contributed by atoms with Gasteiger partial charge in [0.1, 0.15) is 17.1 Å². The van der Waals surface area contributed by atoms with Crippen molar-refractivity contribution in [3.8, 4) is 11.5 Å². The summed E-state index contributed by atoms with van der Waals surface area (Å²) < 4.78 is 10.8. The summed E-state index contributed by atoms with van der Waals surface area (Å²) in [5, 5.41) is 0.827. The SMILES string of the molecule is COc1ccc(P)c(OC)c1C(=O)c1c(C)cccc1C.[H-].[Li+]. The summed E-state index contributed by atoms with van der Waals surface area (Å²) >= 11 is 0. The Morgan fingerprint density at radius 1 is 1.00 bits per heavy atom. The third kappa shape index (κ3) is 3.38. The predicted octanol–water partition coefficient (Wildman–Crippen LogP) is 0.169. The molecular weight excluding hydrogens is 290 g/mol. The van der Waals surface area contributed by atoms with Crippen LogP contribution >= 0.6 is 9.24 Å². The van der Waals surface area contributed by atoms with Crippen LogP contribution in [0.4, 0.5) is 0 Å². The van der Waals surface area contributed by atoms with E-state index in [1.165, 1.54) is 0 Å². The summed E-state index contributed by atoms with van der Waals surface area (Å²) in [7, 11) is 5.70. The second-order valence-corrected chi connectivity index (χ2v) is 5.48. The summed E-state index contributed by atoms with van der Waals surface area (Å²) in [6, 6.07) is 9.45. The normalized spacial score (nSPS) is 9.86. The van der Waals surface area contributed by atoms with Crippen LogP contribution in [0.1, 0.15) is 28.5 Å². The third-order valence-corrected chi connectivity index (χ3v) is 3.96. The minimum Gasteiger partial charge on any atom is -1.00 e. The molecule has 112 valence electrons. The first-order chi connectivity index (χ1) is 10.0. The zero-order valence-electron chi connectivity index (χ0n) is 14.7. The number of hydrogen-bond acceptors (Lipinski definition) is 3. The molecule has 2 rings (SSSR count). The van der Waals surface area contributed by atoms with Gasteiger partial charge in [-0.25, -0.2) is 0 Å². The smallest absolute Gasteiger partial charge is 1.00 e. The average Bonchev–Trinajstić information content (AvgIpc) is 2.46. The molecule has 0 aliphatic heterocycles. The van der Waals surface area contributed by atoms with E-state index in [1.807, 2.05) is 38.1 Å². The summed E-state index contributed by atoms with van der Waals surface area (Å²) in [5.41, 5.74) is 3.05. The van der Waals surface area contributed by atoms with Gasteiger partial charge < -0.3 is 10.9 Å². The Kier molecular flexibility index (Phi) is 6.69. The largest absolute Gasteiger partial charge is 1.00 e. The van der Waals surface area contributed by atoms with Crippen molar-refractivity contribution < 1.29 is 34.6 Å². The zero-order valence-corrected chi connectivity index (χ0v) is 14.8. The molecule has 0 fully saturated rings. The molecule has 0 heterocycles. The first-order valence-electron chi connectivity index (χ1n) is 6.62. The number of carbonyl (C=O) groups excluding carboxylic acids is 1. The van der Waals surface area contributed by atoms with E-state index >= 15 is 0 Å². The quantitative estimate of drug-likeness (QED) is 0.459. The van der Waals surface area contributed by atoms with Gasteiger partial charge in [0.25, 0.3) is 0 Å². The van der Waals surface area contributed by atoms with Crippen molar-refractivity contribution in [3.63, 3.8) is 0 Å². The molecule has 1 unspecified atom stereocenters. The fourth-order valence-corrected chi connectivity index (χ4v) is 2.84. The Labute approximate surface area is 147 Å². The molecule has 22 heavy (non-hydrogen) atoms. The second kappa shape index (κ2) is 7.84. The average molecular weight is 310 g/mol. The fraction of sp³-hybridized carbons (Fsp3) is 0.235. The van der Waals surface area contributed by atoms with Crippen LogP contribution in [-0.4, -0.2) is 20.0 Å². The van der Waals surface area contributed by atoms with Crippen molar-refractivity contribution in [2.45, 2.75) is 13.8 Å². The molecule has 0 aliphatic rings. The third-order valence-electron chi connectivity index (χ3n) is 3.51. The first-order valence-corrected chi connectivity index (χ1v) is 7.20. The van der Waals surface area contributed by atoms with E-state index in [1.54, 1.807) is 20.3 Å². The molecule has 2 aromatic rings. The topological polar surface area (TPSA) is 35.5 Å². The van der Waals surface area contributed by atoms with E-state index in [4.69, 9.17) is 9.47 Å². The van der Waals surface area contributed by atoms with Crippen LogP contribution in [-0.2, 0) is 0 Å². The monoisotopic (exact) mass is 310 g/mol. The Morgan fingerprint density at radius 3 is 2.09 bits per heavy atom. The van der Waals surface area contributed by atoms with Crippen molar-refractivity contribution >= 4 is 20.3 Å². The first kappa shape index (κ1) is 18.8. The number of rotatable bonds is 4. The standard InChI is InChI=1S/C17H19O3P.Li.H/c1-10-6-5-7-11(2)14(10)16(18)15-12(19-3)8-9-13(21)17(15)20-4;;/h5-9H,21H2,1-4H3;;/q;+1;-1. The van der Waals surface area contributed by atoms with Crippen LogP contribution in [0.2, 0.25) is 0 Å². The van der Waals surface area contributed by atoms with Crippen LogP contribution in [0.15, 0.2) is 30.3 Å². The summed E-state index contributed by atoms with van der Waals surface area (Å²) in [6.07, 6.45) is 0. The van der Waals surface area contributed by atoms with Gasteiger partial charge in [0.2, 0.25) is 5.78 Å². The molecule has 0 spiro atoms. The van der Waals surface area contributed by atoms with Crippen molar-refractivity contribution in [3.05, 3.63) is 52.6 Å². The molecule has 0 saturated heterocycles. The number of aryl methyl sites for hydroxylation is 2. The van der Waals surface area contributed by atoms with Crippen molar-refractivity contribution in [2.24, 2.45) is 0 Å². The molecule has 2 aromatic carbocycles. The van der Waals surface area contributed by atoms with E-state index in [-0.39, 0.29) is 26.1 Å². The Balaban J connectivity index is 0.00000242. The van der Waals surface area contributed by atoms with Gasteiger partial charge in [-0.1, -0.05) is 18.2 Å². The Hall–Kier alpha value is -1.26. The van der Waals surface area contributed by atoms with Gasteiger partial charge in [-0.05, 0) is 37.1 Å². The number of ketones is 1. The van der Waals surface area contributed by atoms with Gasteiger partial charge in [-0.3, -0.25) is 4.79 Å². The molecule has 0 amide bonds. The number of ether oxygens (including phenoxy) is 2. The summed E-state index contributed by atoms with van der Waals surface area (Å²) in [5.74, 6) is 0.973. The van der Waals surface area contributed by atoms with Crippen molar-refractivity contribution in [2.75, 3.05) is 14.2 Å². The van der Waals surface area contributed by atoms with Crippen molar-refractivity contribution in [1.29, 1.82) is 0 Å². The van der Waals surface area contributed by atoms with Crippen LogP contribution in [0.25, 0.3) is 0 Å². The molecule has 0 bridgehead atoms. The fourth-order valence-electron chi connectivity index (χ4n) is 2.48. The molecule has 0 radical (unpaired) electrons. The van der Waals surface area contributed by atoms with Gasteiger partial charge in [0, 0.05) is 10.9 Å². The molecule has 0 N–H and O–H groups in total. The molecule has 1 atom stereocenters. The van der Waals surface area contributed by atoms with Gasteiger partial charge in [0.15, 0.2) is 0 Å². The molecule has 0 saturated carbocycles. The van der Waals surface area contributed by atoms with E-state index in [0.717, 1.165) is 16.4 Å². The number of carbonyl (C=O) groups is 1. The van der Waals surface area contributed by atoms with Gasteiger partial charge in [0.05, 0.1) is 14.2 Å². The van der Waals surface area contributed by atoms with Gasteiger partial charge in [-0.2, -0.15) is 0 Å². The zero-order chi connectivity index (χ0) is 15.6. The maximum atomic E-state index is 13.0. The maximum absolute atomic E-state index is 13.0. The van der Waals surface area contributed by atoms with Crippen LogP contribution in [0.5, 0.6) is 11.5 Å². The second-order valence-electron chi connectivity index (χ2n) is 4.86. The van der Waals surface area contributed by atoms with E-state index in [2.05, 4.69) is 9.24 Å². The van der Waals surface area contributed by atoms with E-state index < -0.39 is 0 Å². The van der Waals surface area contributed by atoms with Gasteiger partial charge in [-0.15, -0.1) is 9.24 Å². The van der Waals surface area contributed by atoms with Crippen molar-refractivity contribution in [1.82, 2.24) is 0 Å². The maximum Gasteiger partial charge on any atom is 1.00 e. The summed E-state index contributed by atoms with van der Waals surface area (Å²) in [4.78, 5) is 13.0. The number of hydrogen-bond donors (Lipinski definition) is 0. The number of benzene rings is 2. The number of methoxy groups -OCH3 is 2. The molecule has 5 heteroatoms. The minimum atomic E-state index is -0.0800. The van der Waals surface area contributed by atoms with Crippen LogP contribution < -0.4 is 33.6 Å². The molecule has 0 aromatic heterocycles. The summed E-state index contributed by atoms with van der Waals surface area (Å²) in [6.45, 7) is 3.87. The van der Waals surface area contributed by atoms with Crippen LogP contribution in [0, 0.1) is 13.8 Å². The van der Waals surface area contributed by atoms with E-state index in [0.29, 0.717) is 22.6 Å². The molecular formula is C17H20LiO3P. The predicted molar refractivity (Wildman–Crippen MR) is 89.4 cm³/mol. The van der Waals surface area contributed by atoms with E-state index in [9.17, 15) is 4.79 Å². The van der Waals surface area contributed by atoms with Gasteiger partial charge >= 0.3 is 18.9 Å². The minimum absolute atomic E-state index is 0. The van der Waals surface area contributed by atoms with Crippen LogP contribution in [0.3, 0.4) is 0 Å². The molecule has 3 nitrogen and oxygen atoms in total. The molecule has 0 aliphatic carbocycles.